The number of rotatable bonds is 4. The van der Waals surface area contributed by atoms with Crippen molar-refractivity contribution < 1.29 is 19.4 Å². The zero-order chi connectivity index (χ0) is 16.2. The van der Waals surface area contributed by atoms with Gasteiger partial charge in [-0.25, -0.2) is 4.98 Å². The standard InChI is InChI=1S/C16H17N3O4/c20-15(21)9-14-10-18(7-8-23-14)16(22)12-1-3-13(4-2-12)19-6-5-17-11-19/h1-6,11,14H,7-10H2,(H,20,21). The third kappa shape index (κ3) is 3.57. The Bertz CT molecular complexity index is 682. The number of benzene rings is 1. The number of carboxylic acid groups (broad SMARTS) is 1. The average Bonchev–Trinajstić information content (AvgIpc) is 3.08. The van der Waals surface area contributed by atoms with Crippen molar-refractivity contribution >= 4 is 11.9 Å². The molecule has 1 aromatic heterocycles. The van der Waals surface area contributed by atoms with Gasteiger partial charge in [0.15, 0.2) is 0 Å². The van der Waals surface area contributed by atoms with E-state index in [-0.39, 0.29) is 12.3 Å². The van der Waals surface area contributed by atoms with Crippen LogP contribution in [0, 0.1) is 0 Å². The summed E-state index contributed by atoms with van der Waals surface area (Å²) in [4.78, 5) is 28.9. The summed E-state index contributed by atoms with van der Waals surface area (Å²) in [5.41, 5.74) is 1.50. The molecule has 1 unspecified atom stereocenters. The molecular formula is C16H17N3O4. The molecule has 7 nitrogen and oxygen atoms in total. The molecule has 0 spiro atoms. The maximum atomic E-state index is 12.5. The Balaban J connectivity index is 1.69. The molecule has 3 rings (SSSR count). The first kappa shape index (κ1) is 15.2. The predicted octanol–water partition coefficient (Wildman–Crippen LogP) is 1.19. The Hall–Kier alpha value is -2.67. The van der Waals surface area contributed by atoms with Crippen molar-refractivity contribution in [1.82, 2.24) is 14.5 Å². The minimum Gasteiger partial charge on any atom is -0.481 e. The van der Waals surface area contributed by atoms with E-state index in [1.54, 1.807) is 29.6 Å². The number of amides is 1. The van der Waals surface area contributed by atoms with Gasteiger partial charge < -0.3 is 19.3 Å². The van der Waals surface area contributed by atoms with Gasteiger partial charge in [-0.05, 0) is 24.3 Å². The molecule has 1 aromatic carbocycles. The second-order valence-electron chi connectivity index (χ2n) is 5.36. The molecule has 1 aliphatic rings. The number of ether oxygens (including phenoxy) is 1. The normalized spacial score (nSPS) is 17.9. The highest BCUT2D eigenvalue weighted by atomic mass is 16.5. The van der Waals surface area contributed by atoms with E-state index in [4.69, 9.17) is 9.84 Å². The lowest BCUT2D eigenvalue weighted by Gasteiger charge is -2.32. The molecule has 0 aliphatic carbocycles. The van der Waals surface area contributed by atoms with Crippen LogP contribution < -0.4 is 0 Å². The van der Waals surface area contributed by atoms with Crippen LogP contribution in [0.15, 0.2) is 43.0 Å². The van der Waals surface area contributed by atoms with Crippen molar-refractivity contribution in [1.29, 1.82) is 0 Å². The Labute approximate surface area is 133 Å². The molecule has 2 aromatic rings. The quantitative estimate of drug-likeness (QED) is 0.916. The van der Waals surface area contributed by atoms with Crippen LogP contribution in [0.5, 0.6) is 0 Å². The molecule has 1 fully saturated rings. The lowest BCUT2D eigenvalue weighted by atomic mass is 10.1. The number of aromatic nitrogens is 2. The molecule has 1 amide bonds. The number of hydrogen-bond acceptors (Lipinski definition) is 4. The van der Waals surface area contributed by atoms with Crippen molar-refractivity contribution in [3.8, 4) is 5.69 Å². The largest absolute Gasteiger partial charge is 0.481 e. The summed E-state index contributed by atoms with van der Waals surface area (Å²) in [5, 5.41) is 8.84. The lowest BCUT2D eigenvalue weighted by molar-refractivity contribution is -0.141. The topological polar surface area (TPSA) is 84.7 Å². The fraction of sp³-hybridized carbons (Fsp3) is 0.312. The number of carbonyl (C=O) groups excluding carboxylic acids is 1. The number of carboxylic acids is 1. The molecule has 1 saturated heterocycles. The van der Waals surface area contributed by atoms with Crippen molar-refractivity contribution in [2.75, 3.05) is 19.7 Å². The van der Waals surface area contributed by atoms with Crippen LogP contribution in [0.4, 0.5) is 0 Å². The van der Waals surface area contributed by atoms with E-state index in [0.29, 0.717) is 25.3 Å². The van der Waals surface area contributed by atoms with Crippen molar-refractivity contribution in [3.05, 3.63) is 48.5 Å². The van der Waals surface area contributed by atoms with Crippen molar-refractivity contribution in [2.45, 2.75) is 12.5 Å². The van der Waals surface area contributed by atoms with Gasteiger partial charge in [-0.3, -0.25) is 9.59 Å². The van der Waals surface area contributed by atoms with E-state index in [9.17, 15) is 9.59 Å². The number of aliphatic carboxylic acids is 1. The van der Waals surface area contributed by atoms with E-state index in [1.807, 2.05) is 22.9 Å². The summed E-state index contributed by atoms with van der Waals surface area (Å²) in [5.74, 6) is -1.03. The number of carbonyl (C=O) groups is 2. The van der Waals surface area contributed by atoms with Crippen LogP contribution >= 0.6 is 0 Å². The molecule has 1 N–H and O–H groups in total. The minimum atomic E-state index is -0.922. The summed E-state index contributed by atoms with van der Waals surface area (Å²) in [7, 11) is 0. The maximum absolute atomic E-state index is 12.5. The van der Waals surface area contributed by atoms with Gasteiger partial charge in [-0.2, -0.15) is 0 Å². The second kappa shape index (κ2) is 6.62. The van der Waals surface area contributed by atoms with Crippen LogP contribution in [0.3, 0.4) is 0 Å². The molecule has 1 aliphatic heterocycles. The van der Waals surface area contributed by atoms with Gasteiger partial charge in [0.25, 0.3) is 5.91 Å². The average molecular weight is 315 g/mol. The molecule has 120 valence electrons. The number of nitrogens with zero attached hydrogens (tertiary/aromatic N) is 3. The Morgan fingerprint density at radius 3 is 2.74 bits per heavy atom. The van der Waals surface area contributed by atoms with Crippen LogP contribution in [0.1, 0.15) is 16.8 Å². The Kier molecular flexibility index (Phi) is 4.38. The maximum Gasteiger partial charge on any atom is 0.306 e. The molecule has 23 heavy (non-hydrogen) atoms. The van der Waals surface area contributed by atoms with Gasteiger partial charge in [0.05, 0.1) is 25.5 Å². The molecule has 0 radical (unpaired) electrons. The summed E-state index contributed by atoms with van der Waals surface area (Å²) in [6.45, 7) is 1.13. The second-order valence-corrected chi connectivity index (χ2v) is 5.36. The lowest BCUT2D eigenvalue weighted by Crippen LogP contribution is -2.46. The van der Waals surface area contributed by atoms with Crippen molar-refractivity contribution in [3.63, 3.8) is 0 Å². The van der Waals surface area contributed by atoms with Crippen LogP contribution in [0.2, 0.25) is 0 Å². The van der Waals surface area contributed by atoms with E-state index in [0.717, 1.165) is 5.69 Å². The number of imidazole rings is 1. The van der Waals surface area contributed by atoms with E-state index in [1.165, 1.54) is 0 Å². The van der Waals surface area contributed by atoms with E-state index in [2.05, 4.69) is 4.98 Å². The number of hydrogen-bond donors (Lipinski definition) is 1. The zero-order valence-electron chi connectivity index (χ0n) is 12.5. The van der Waals surface area contributed by atoms with Gasteiger partial charge in [0, 0.05) is 36.7 Å². The highest BCUT2D eigenvalue weighted by molar-refractivity contribution is 5.94. The predicted molar refractivity (Wildman–Crippen MR) is 81.5 cm³/mol. The molecule has 0 bridgehead atoms. The first-order chi connectivity index (χ1) is 11.1. The van der Waals surface area contributed by atoms with Crippen LogP contribution in [-0.4, -0.2) is 57.2 Å². The SMILES string of the molecule is O=C(O)CC1CN(C(=O)c2ccc(-n3ccnc3)cc2)CCO1. The monoisotopic (exact) mass is 315 g/mol. The molecule has 7 heteroatoms. The summed E-state index contributed by atoms with van der Waals surface area (Å²) in [6.07, 6.45) is 4.67. The van der Waals surface area contributed by atoms with Gasteiger partial charge >= 0.3 is 5.97 Å². The first-order valence-corrected chi connectivity index (χ1v) is 7.34. The third-order valence-electron chi connectivity index (χ3n) is 3.75. The summed E-state index contributed by atoms with van der Waals surface area (Å²) in [6, 6.07) is 7.23. The summed E-state index contributed by atoms with van der Waals surface area (Å²) >= 11 is 0. The zero-order valence-corrected chi connectivity index (χ0v) is 12.5. The molecule has 1 atom stereocenters. The Morgan fingerprint density at radius 1 is 1.30 bits per heavy atom. The molecule has 0 saturated carbocycles. The Morgan fingerprint density at radius 2 is 2.09 bits per heavy atom. The number of morpholine rings is 1. The molecule has 2 heterocycles. The smallest absolute Gasteiger partial charge is 0.306 e. The minimum absolute atomic E-state index is 0.0939. The van der Waals surface area contributed by atoms with Crippen LogP contribution in [-0.2, 0) is 9.53 Å². The fourth-order valence-electron chi connectivity index (χ4n) is 2.59. The van der Waals surface area contributed by atoms with E-state index >= 15 is 0 Å². The van der Waals surface area contributed by atoms with Crippen molar-refractivity contribution in [2.24, 2.45) is 0 Å². The van der Waals surface area contributed by atoms with Gasteiger partial charge in [-0.15, -0.1) is 0 Å². The highest BCUT2D eigenvalue weighted by Crippen LogP contribution is 2.15. The van der Waals surface area contributed by atoms with E-state index < -0.39 is 12.1 Å². The highest BCUT2D eigenvalue weighted by Gasteiger charge is 2.26. The third-order valence-corrected chi connectivity index (χ3v) is 3.75. The fourth-order valence-corrected chi connectivity index (χ4v) is 2.59. The van der Waals surface area contributed by atoms with Crippen LogP contribution in [0.25, 0.3) is 5.69 Å². The van der Waals surface area contributed by atoms with Gasteiger partial charge in [0.2, 0.25) is 0 Å². The summed E-state index contributed by atoms with van der Waals surface area (Å²) < 4.78 is 7.24. The van der Waals surface area contributed by atoms with Gasteiger partial charge in [-0.1, -0.05) is 0 Å². The first-order valence-electron chi connectivity index (χ1n) is 7.34. The molecular weight excluding hydrogens is 298 g/mol. The van der Waals surface area contributed by atoms with Gasteiger partial charge in [0.1, 0.15) is 0 Å².